The summed E-state index contributed by atoms with van der Waals surface area (Å²) in [7, 11) is 0. The number of aliphatic carboxylic acids is 1. The van der Waals surface area contributed by atoms with Crippen LogP contribution in [0.4, 0.5) is 0 Å². The van der Waals surface area contributed by atoms with Gasteiger partial charge in [0.1, 0.15) is 6.61 Å². The molecule has 4 N–H and O–H groups in total. The molecule has 0 aromatic rings. The van der Waals surface area contributed by atoms with Crippen molar-refractivity contribution in [3.05, 3.63) is 26.3 Å². The van der Waals surface area contributed by atoms with E-state index in [4.69, 9.17) is 25.2 Å². The molecule has 0 spiro atoms. The van der Waals surface area contributed by atoms with Crippen molar-refractivity contribution in [1.82, 2.24) is 0 Å². The van der Waals surface area contributed by atoms with Crippen molar-refractivity contribution in [2.24, 2.45) is 0 Å². The molecule has 0 rings (SSSR count). The molecule has 8 nitrogen and oxygen atoms in total. The van der Waals surface area contributed by atoms with E-state index in [0.29, 0.717) is 12.2 Å². The highest BCUT2D eigenvalue weighted by Crippen LogP contribution is 1.96. The van der Waals surface area contributed by atoms with E-state index in [1.807, 2.05) is 27.7 Å². The van der Waals surface area contributed by atoms with E-state index in [0.717, 1.165) is 0 Å². The average Bonchev–Trinajstić information content (AvgIpc) is 2.54. The molecular weight excluding hydrogens is 320 g/mol. The van der Waals surface area contributed by atoms with Gasteiger partial charge in [-0.2, -0.15) is 0 Å². The van der Waals surface area contributed by atoms with Gasteiger partial charge in [-0.15, -0.1) is 26.3 Å². The third-order valence-corrected chi connectivity index (χ3v) is 1.67. The van der Waals surface area contributed by atoms with Crippen molar-refractivity contribution in [2.75, 3.05) is 13.2 Å². The largest absolute Gasteiger partial charge is 0.479 e. The Labute approximate surface area is 144 Å². The van der Waals surface area contributed by atoms with Crippen molar-refractivity contribution in [3.8, 4) is 0 Å². The van der Waals surface area contributed by atoms with Gasteiger partial charge in [0.2, 0.25) is 0 Å². The van der Waals surface area contributed by atoms with Gasteiger partial charge in [0.15, 0.2) is 12.2 Å². The highest BCUT2D eigenvalue weighted by atomic mass is 16.6. The maximum absolute atomic E-state index is 10.6. The Hall–Kier alpha value is -1.74. The molecule has 8 heteroatoms. The second-order valence-electron chi connectivity index (χ2n) is 4.35. The lowest BCUT2D eigenvalue weighted by molar-refractivity contribution is -0.170. The molecule has 0 saturated heterocycles. The van der Waals surface area contributed by atoms with Crippen LogP contribution in [0, 0.1) is 0 Å². The summed E-state index contributed by atoms with van der Waals surface area (Å²) < 4.78 is 9.41. The summed E-state index contributed by atoms with van der Waals surface area (Å²) in [6, 6.07) is 0. The fourth-order valence-electron chi connectivity index (χ4n) is 1.04. The zero-order valence-electron chi connectivity index (χ0n) is 15.0. The molecule has 0 bridgehead atoms. The predicted molar refractivity (Wildman–Crippen MR) is 91.6 cm³/mol. The highest BCUT2D eigenvalue weighted by Gasteiger charge is 2.31. The molecule has 0 amide bonds. The minimum Gasteiger partial charge on any atom is -0.479 e. The second kappa shape index (κ2) is 21.3. The van der Waals surface area contributed by atoms with Crippen molar-refractivity contribution in [1.29, 1.82) is 0 Å². The topological polar surface area (TPSA) is 134 Å². The standard InChI is InChI=1S/C6H10O7.C6H14O.2C2H4/c7-1-2-13-6(12)4(9)3(8)5(10)11;1-5(2)7-6(3)4;2*1-2/h3-4,7-9H,1-2H2,(H,10,11);5-6H,1-4H3;2*1-2H2. The van der Waals surface area contributed by atoms with Crippen LogP contribution in [0.1, 0.15) is 27.7 Å². The first kappa shape index (κ1) is 30.2. The Morgan fingerprint density at radius 2 is 1.29 bits per heavy atom. The number of esters is 1. The zero-order chi connectivity index (χ0) is 20.3. The van der Waals surface area contributed by atoms with Gasteiger partial charge >= 0.3 is 11.9 Å². The minimum atomic E-state index is -2.22. The molecule has 0 aromatic heterocycles. The van der Waals surface area contributed by atoms with Gasteiger partial charge < -0.3 is 29.9 Å². The van der Waals surface area contributed by atoms with E-state index in [2.05, 4.69) is 31.1 Å². The fourth-order valence-corrected chi connectivity index (χ4v) is 1.04. The summed E-state index contributed by atoms with van der Waals surface area (Å²) in [6.45, 7) is 19.4. The Morgan fingerprint density at radius 1 is 0.917 bits per heavy atom. The summed E-state index contributed by atoms with van der Waals surface area (Å²) in [5, 5.41) is 33.8. The Bertz CT molecular complexity index is 296. The molecule has 0 fully saturated rings. The maximum Gasteiger partial charge on any atom is 0.338 e. The van der Waals surface area contributed by atoms with Gasteiger partial charge in [-0.25, -0.2) is 9.59 Å². The smallest absolute Gasteiger partial charge is 0.338 e. The number of rotatable bonds is 7. The summed E-state index contributed by atoms with van der Waals surface area (Å²) in [6.07, 6.45) is -3.60. The average molecular weight is 352 g/mol. The predicted octanol–water partition coefficient (Wildman–Crippen LogP) is 0.752. The SMILES string of the molecule is C=C.C=C.CC(C)OC(C)C.O=C(O)C(O)C(O)C(=O)OCCO. The normalized spacial score (nSPS) is 11.5. The van der Waals surface area contributed by atoms with E-state index in [9.17, 15) is 9.59 Å². The molecule has 0 aromatic carbocycles. The third-order valence-electron chi connectivity index (χ3n) is 1.67. The molecule has 0 aliphatic heterocycles. The quantitative estimate of drug-likeness (QED) is 0.390. The molecule has 24 heavy (non-hydrogen) atoms. The molecule has 144 valence electrons. The summed E-state index contributed by atoms with van der Waals surface area (Å²) in [5.41, 5.74) is 0. The molecule has 0 aliphatic rings. The van der Waals surface area contributed by atoms with Gasteiger partial charge in [-0.3, -0.25) is 0 Å². The number of ether oxygens (including phenoxy) is 2. The Balaban J connectivity index is -0.000000153. The van der Waals surface area contributed by atoms with Crippen LogP contribution >= 0.6 is 0 Å². The molecule has 2 atom stereocenters. The molecule has 2 unspecified atom stereocenters. The molecular formula is C16H32O8. The third kappa shape index (κ3) is 22.5. The number of aliphatic hydroxyl groups is 3. The fraction of sp³-hybridized carbons (Fsp3) is 0.625. The second-order valence-corrected chi connectivity index (χ2v) is 4.35. The van der Waals surface area contributed by atoms with E-state index in [1.165, 1.54) is 0 Å². The van der Waals surface area contributed by atoms with Gasteiger partial charge in [-0.05, 0) is 27.7 Å². The number of hydrogen-bond donors (Lipinski definition) is 4. The van der Waals surface area contributed by atoms with Gasteiger partial charge in [0.05, 0.1) is 18.8 Å². The van der Waals surface area contributed by atoms with Crippen molar-refractivity contribution in [2.45, 2.75) is 52.1 Å². The van der Waals surface area contributed by atoms with Crippen LogP contribution in [-0.2, 0) is 19.1 Å². The van der Waals surface area contributed by atoms with E-state index < -0.39 is 30.8 Å². The lowest BCUT2D eigenvalue weighted by Gasteiger charge is -2.12. The highest BCUT2D eigenvalue weighted by molar-refractivity contribution is 5.84. The zero-order valence-corrected chi connectivity index (χ0v) is 15.0. The first-order valence-corrected chi connectivity index (χ1v) is 7.15. The van der Waals surface area contributed by atoms with E-state index in [1.54, 1.807) is 0 Å². The number of carboxylic acid groups (broad SMARTS) is 1. The number of carboxylic acids is 1. The van der Waals surface area contributed by atoms with Gasteiger partial charge in [0.25, 0.3) is 0 Å². The van der Waals surface area contributed by atoms with Crippen LogP contribution in [0.3, 0.4) is 0 Å². The number of carbonyl (C=O) groups excluding carboxylic acids is 1. The number of carbonyl (C=O) groups is 2. The molecule has 0 radical (unpaired) electrons. The van der Waals surface area contributed by atoms with Crippen molar-refractivity contribution < 1.29 is 39.5 Å². The summed E-state index contributed by atoms with van der Waals surface area (Å²) in [4.78, 5) is 20.7. The van der Waals surface area contributed by atoms with E-state index >= 15 is 0 Å². The Morgan fingerprint density at radius 3 is 1.50 bits per heavy atom. The molecule has 0 saturated carbocycles. The lowest BCUT2D eigenvalue weighted by Crippen LogP contribution is -2.40. The van der Waals surface area contributed by atoms with Crippen LogP contribution in [0.25, 0.3) is 0 Å². The first-order chi connectivity index (χ1) is 11.1. The number of aliphatic hydroxyl groups excluding tert-OH is 3. The first-order valence-electron chi connectivity index (χ1n) is 7.15. The maximum atomic E-state index is 10.6. The number of hydrogen-bond acceptors (Lipinski definition) is 7. The minimum absolute atomic E-state index is 0.359. The molecule has 0 aliphatic carbocycles. The van der Waals surface area contributed by atoms with E-state index in [-0.39, 0.29) is 6.61 Å². The lowest BCUT2D eigenvalue weighted by atomic mass is 10.2. The van der Waals surface area contributed by atoms with Gasteiger partial charge in [-0.1, -0.05) is 0 Å². The monoisotopic (exact) mass is 352 g/mol. The van der Waals surface area contributed by atoms with Crippen molar-refractivity contribution >= 4 is 11.9 Å². The Kier molecular flexibility index (Phi) is 26.7. The van der Waals surface area contributed by atoms with Crippen LogP contribution in [0.2, 0.25) is 0 Å². The summed E-state index contributed by atoms with van der Waals surface area (Å²) in [5.74, 6) is -3.02. The van der Waals surface area contributed by atoms with Crippen LogP contribution in [0.15, 0.2) is 26.3 Å². The van der Waals surface area contributed by atoms with Crippen LogP contribution < -0.4 is 0 Å². The van der Waals surface area contributed by atoms with Gasteiger partial charge in [0, 0.05) is 0 Å². The van der Waals surface area contributed by atoms with Crippen LogP contribution in [0.5, 0.6) is 0 Å². The van der Waals surface area contributed by atoms with Crippen molar-refractivity contribution in [3.63, 3.8) is 0 Å². The van der Waals surface area contributed by atoms with Crippen LogP contribution in [-0.4, -0.2) is 70.0 Å². The summed E-state index contributed by atoms with van der Waals surface area (Å²) >= 11 is 0. The molecule has 0 heterocycles.